The van der Waals surface area contributed by atoms with Crippen molar-refractivity contribution in [3.05, 3.63) is 65.7 Å². The molecule has 3 rings (SSSR count). The van der Waals surface area contributed by atoms with Crippen LogP contribution in [-0.4, -0.2) is 48.0 Å². The quantitative estimate of drug-likeness (QED) is 0.584. The van der Waals surface area contributed by atoms with E-state index in [-0.39, 0.29) is 31.3 Å². The summed E-state index contributed by atoms with van der Waals surface area (Å²) < 4.78 is 5.21. The van der Waals surface area contributed by atoms with Crippen LogP contribution in [0.4, 0.5) is 5.69 Å². The average Bonchev–Trinajstić information content (AvgIpc) is 2.91. The Hall–Kier alpha value is -3.03. The van der Waals surface area contributed by atoms with Gasteiger partial charge in [0.1, 0.15) is 11.8 Å². The van der Waals surface area contributed by atoms with Gasteiger partial charge in [0.15, 0.2) is 0 Å². The second kappa shape index (κ2) is 11.0. The third-order valence-corrected chi connectivity index (χ3v) is 5.55. The van der Waals surface area contributed by atoms with Crippen LogP contribution in [0.3, 0.4) is 0 Å². The average molecular weight is 439 g/mol. The van der Waals surface area contributed by atoms with Crippen molar-refractivity contribution in [3.63, 3.8) is 0 Å². The first-order valence-electron chi connectivity index (χ1n) is 10.9. The predicted molar refractivity (Wildman–Crippen MR) is 121 cm³/mol. The zero-order chi connectivity index (χ0) is 23.1. The number of ether oxygens (including phenoxy) is 1. The van der Waals surface area contributed by atoms with Gasteiger partial charge in [0, 0.05) is 12.1 Å². The summed E-state index contributed by atoms with van der Waals surface area (Å²) in [4.78, 5) is 39.5. The summed E-state index contributed by atoms with van der Waals surface area (Å²) in [6.07, 6.45) is 0.239. The van der Waals surface area contributed by atoms with E-state index in [1.165, 1.54) is 11.8 Å². The molecule has 2 unspecified atom stereocenters. The number of benzene rings is 2. The number of anilines is 1. The number of aryl methyl sites for hydroxylation is 1. The van der Waals surface area contributed by atoms with Gasteiger partial charge in [-0.15, -0.1) is 0 Å². The number of aliphatic hydroxyl groups is 1. The highest BCUT2D eigenvalue weighted by Crippen LogP contribution is 2.28. The molecule has 3 atom stereocenters. The molecule has 1 heterocycles. The third-order valence-electron chi connectivity index (χ3n) is 5.55. The summed E-state index contributed by atoms with van der Waals surface area (Å²) in [5.41, 5.74) is 2.37. The first-order valence-corrected chi connectivity index (χ1v) is 10.9. The van der Waals surface area contributed by atoms with Crippen LogP contribution >= 0.6 is 0 Å². The van der Waals surface area contributed by atoms with Crippen LogP contribution in [0.1, 0.15) is 43.9 Å². The normalized spacial score (nSPS) is 17.8. The van der Waals surface area contributed by atoms with E-state index in [4.69, 9.17) is 4.74 Å². The summed E-state index contributed by atoms with van der Waals surface area (Å²) in [5.74, 6) is -0.918. The molecule has 1 amide bonds. The standard InChI is InChI=1S/C25H30N2O5/c1-3-32-25(31)21(15-23(29)19-10-5-4-6-11-19)26-20-14-13-18-9-7-8-12-22(18)27(24(20)30)16-17(2)28/h4-12,20-21,23,26,29H,3,13-16H2,1-2H3/t20-,21?,23?/m0/s1. The molecule has 170 valence electrons. The Labute approximate surface area is 188 Å². The number of fused-ring (bicyclic) bond motifs is 1. The smallest absolute Gasteiger partial charge is 0.323 e. The fourth-order valence-corrected chi connectivity index (χ4v) is 4.01. The minimum absolute atomic E-state index is 0.0370. The van der Waals surface area contributed by atoms with Crippen LogP contribution in [0.25, 0.3) is 0 Å². The molecule has 0 aromatic heterocycles. The van der Waals surface area contributed by atoms with Crippen molar-refractivity contribution in [2.24, 2.45) is 0 Å². The molecule has 0 aliphatic carbocycles. The summed E-state index contributed by atoms with van der Waals surface area (Å²) in [7, 11) is 0. The fraction of sp³-hybridized carbons (Fsp3) is 0.400. The van der Waals surface area contributed by atoms with Gasteiger partial charge in [-0.3, -0.25) is 19.7 Å². The molecule has 32 heavy (non-hydrogen) atoms. The van der Waals surface area contributed by atoms with Crippen molar-refractivity contribution in [2.45, 2.75) is 51.3 Å². The summed E-state index contributed by atoms with van der Waals surface area (Å²) in [6.45, 7) is 3.31. The molecular weight excluding hydrogens is 408 g/mol. The number of nitrogens with zero attached hydrogens (tertiary/aromatic N) is 1. The second-order valence-electron chi connectivity index (χ2n) is 7.98. The first kappa shape index (κ1) is 23.6. The third kappa shape index (κ3) is 5.81. The van der Waals surface area contributed by atoms with Crippen LogP contribution in [0, 0.1) is 0 Å². The summed E-state index contributed by atoms with van der Waals surface area (Å²) in [6, 6.07) is 15.0. The molecule has 0 fully saturated rings. The van der Waals surface area contributed by atoms with Gasteiger partial charge in [-0.1, -0.05) is 48.5 Å². The molecule has 7 nitrogen and oxygen atoms in total. The monoisotopic (exact) mass is 438 g/mol. The van der Waals surface area contributed by atoms with Crippen molar-refractivity contribution in [3.8, 4) is 0 Å². The molecule has 0 saturated carbocycles. The zero-order valence-corrected chi connectivity index (χ0v) is 18.5. The Kier molecular flexibility index (Phi) is 8.14. The van der Waals surface area contributed by atoms with Crippen molar-refractivity contribution < 1.29 is 24.2 Å². The van der Waals surface area contributed by atoms with E-state index in [1.807, 2.05) is 42.5 Å². The maximum Gasteiger partial charge on any atom is 0.323 e. The van der Waals surface area contributed by atoms with Crippen LogP contribution in [0.2, 0.25) is 0 Å². The van der Waals surface area contributed by atoms with Crippen LogP contribution < -0.4 is 10.2 Å². The van der Waals surface area contributed by atoms with E-state index >= 15 is 0 Å². The molecule has 0 saturated heterocycles. The molecule has 0 spiro atoms. The second-order valence-corrected chi connectivity index (χ2v) is 7.98. The van der Waals surface area contributed by atoms with Gasteiger partial charge in [-0.2, -0.15) is 0 Å². The number of carbonyl (C=O) groups excluding carboxylic acids is 3. The zero-order valence-electron chi connectivity index (χ0n) is 18.5. The number of hydrogen-bond acceptors (Lipinski definition) is 6. The van der Waals surface area contributed by atoms with E-state index in [2.05, 4.69) is 5.32 Å². The van der Waals surface area contributed by atoms with Crippen molar-refractivity contribution in [2.75, 3.05) is 18.1 Å². The molecule has 1 aliphatic rings. The summed E-state index contributed by atoms with van der Waals surface area (Å²) >= 11 is 0. The van der Waals surface area contributed by atoms with Crippen LogP contribution in [0.15, 0.2) is 54.6 Å². The number of amides is 1. The van der Waals surface area contributed by atoms with E-state index in [0.717, 1.165) is 5.56 Å². The van der Waals surface area contributed by atoms with Crippen molar-refractivity contribution in [1.82, 2.24) is 5.32 Å². The van der Waals surface area contributed by atoms with Crippen molar-refractivity contribution in [1.29, 1.82) is 0 Å². The molecule has 0 bridgehead atoms. The van der Waals surface area contributed by atoms with E-state index in [0.29, 0.717) is 24.1 Å². The number of para-hydroxylation sites is 1. The number of esters is 1. The Balaban J connectivity index is 1.83. The Bertz CT molecular complexity index is 946. The van der Waals surface area contributed by atoms with E-state index in [9.17, 15) is 19.5 Å². The SMILES string of the molecule is CCOC(=O)C(CC(O)c1ccccc1)N[C@H]1CCc2ccccc2N(CC(C)=O)C1=O. The summed E-state index contributed by atoms with van der Waals surface area (Å²) in [5, 5.41) is 13.8. The van der Waals surface area contributed by atoms with Gasteiger partial charge < -0.3 is 14.7 Å². The number of rotatable bonds is 9. The Morgan fingerprint density at radius 1 is 1.16 bits per heavy atom. The number of ketones is 1. The maximum atomic E-state index is 13.4. The van der Waals surface area contributed by atoms with Crippen molar-refractivity contribution >= 4 is 23.3 Å². The molecule has 0 radical (unpaired) electrons. The van der Waals surface area contributed by atoms with E-state index in [1.54, 1.807) is 19.1 Å². The number of carbonyl (C=O) groups is 3. The fourth-order valence-electron chi connectivity index (χ4n) is 4.01. The van der Waals surface area contributed by atoms with Gasteiger partial charge in [0.05, 0.1) is 25.3 Å². The first-order chi connectivity index (χ1) is 15.4. The van der Waals surface area contributed by atoms with Gasteiger partial charge in [0.2, 0.25) is 5.91 Å². The van der Waals surface area contributed by atoms with Gasteiger partial charge in [-0.05, 0) is 43.9 Å². The molecule has 1 aliphatic heterocycles. The Morgan fingerprint density at radius 3 is 2.53 bits per heavy atom. The topological polar surface area (TPSA) is 95.9 Å². The number of Topliss-reactive ketones (excluding diaryl/α,β-unsaturated/α-hetero) is 1. The highest BCUT2D eigenvalue weighted by atomic mass is 16.5. The lowest BCUT2D eigenvalue weighted by molar-refractivity contribution is -0.147. The molecule has 2 aromatic carbocycles. The largest absolute Gasteiger partial charge is 0.465 e. The van der Waals surface area contributed by atoms with Crippen LogP contribution in [0.5, 0.6) is 0 Å². The van der Waals surface area contributed by atoms with Gasteiger partial charge in [0.25, 0.3) is 0 Å². The molecular formula is C25H30N2O5. The Morgan fingerprint density at radius 2 is 1.84 bits per heavy atom. The highest BCUT2D eigenvalue weighted by Gasteiger charge is 2.35. The van der Waals surface area contributed by atoms with Crippen LogP contribution in [-0.2, 0) is 25.5 Å². The van der Waals surface area contributed by atoms with E-state index < -0.39 is 24.2 Å². The maximum absolute atomic E-state index is 13.4. The highest BCUT2D eigenvalue weighted by molar-refractivity contribution is 6.02. The van der Waals surface area contributed by atoms with Gasteiger partial charge in [-0.25, -0.2) is 0 Å². The lowest BCUT2D eigenvalue weighted by Gasteiger charge is -2.28. The predicted octanol–water partition coefficient (Wildman–Crippen LogP) is 2.57. The number of hydrogen-bond donors (Lipinski definition) is 2. The lowest BCUT2D eigenvalue weighted by atomic mass is 10.00. The lowest BCUT2D eigenvalue weighted by Crippen LogP contribution is -2.53. The molecule has 2 aromatic rings. The number of aliphatic hydroxyl groups excluding tert-OH is 1. The number of nitrogens with one attached hydrogen (secondary N) is 1. The minimum Gasteiger partial charge on any atom is -0.465 e. The van der Waals surface area contributed by atoms with Gasteiger partial charge >= 0.3 is 5.97 Å². The molecule has 2 N–H and O–H groups in total. The minimum atomic E-state index is -0.899. The molecule has 7 heteroatoms.